The molecule has 0 aliphatic heterocycles. The molecule has 17 heavy (non-hydrogen) atoms. The van der Waals surface area contributed by atoms with Gasteiger partial charge in [-0.2, -0.15) is 0 Å². The Morgan fingerprint density at radius 2 is 2.24 bits per heavy atom. The van der Waals surface area contributed by atoms with E-state index in [2.05, 4.69) is 40.8 Å². The third-order valence-electron chi connectivity index (χ3n) is 2.60. The lowest BCUT2D eigenvalue weighted by atomic mass is 10.0. The first-order chi connectivity index (χ1) is 8.08. The van der Waals surface area contributed by atoms with E-state index in [9.17, 15) is 4.79 Å². The average molecular weight is 237 g/mol. The van der Waals surface area contributed by atoms with E-state index >= 15 is 0 Å². The van der Waals surface area contributed by atoms with Crippen LogP contribution in [0.1, 0.15) is 37.8 Å². The van der Waals surface area contributed by atoms with E-state index in [0.717, 1.165) is 6.42 Å². The van der Waals surface area contributed by atoms with E-state index in [0.29, 0.717) is 17.8 Å². The van der Waals surface area contributed by atoms with Crippen molar-refractivity contribution in [3.05, 3.63) is 18.1 Å². The second-order valence-corrected chi connectivity index (χ2v) is 4.16. The highest BCUT2D eigenvalue weighted by molar-refractivity contribution is 5.85. The fourth-order valence-electron chi connectivity index (χ4n) is 1.56. The monoisotopic (exact) mass is 237 g/mol. The number of ether oxygens (including phenoxy) is 1. The Kier molecular flexibility index (Phi) is 4.87. The van der Waals surface area contributed by atoms with Crippen LogP contribution in [0.4, 0.5) is 5.82 Å². The average Bonchev–Trinajstić information content (AvgIpc) is 2.34. The molecular formula is C12H19N3O2. The summed E-state index contributed by atoms with van der Waals surface area (Å²) in [7, 11) is 1.31. The van der Waals surface area contributed by atoms with Gasteiger partial charge >= 0.3 is 5.97 Å². The summed E-state index contributed by atoms with van der Waals surface area (Å²) in [6, 6.07) is 2.08. The van der Waals surface area contributed by atoms with Gasteiger partial charge < -0.3 is 10.1 Å². The molecule has 5 nitrogen and oxygen atoms in total. The first-order valence-corrected chi connectivity index (χ1v) is 5.76. The second kappa shape index (κ2) is 6.18. The number of nitrogens with zero attached hydrogens (tertiary/aromatic N) is 2. The van der Waals surface area contributed by atoms with Gasteiger partial charge in [-0.05, 0) is 18.4 Å². The van der Waals surface area contributed by atoms with Gasteiger partial charge in [-0.25, -0.2) is 14.8 Å². The Balaban J connectivity index is 2.81. The number of aromatic nitrogens is 2. The van der Waals surface area contributed by atoms with Gasteiger partial charge in [0.15, 0.2) is 0 Å². The predicted octanol–water partition coefficient (Wildman–Crippen LogP) is 2.11. The number of nitrogens with one attached hydrogen (secondary N) is 1. The molecule has 1 rings (SSSR count). The van der Waals surface area contributed by atoms with Crippen LogP contribution in [0.3, 0.4) is 0 Å². The zero-order valence-corrected chi connectivity index (χ0v) is 10.7. The van der Waals surface area contributed by atoms with Crippen molar-refractivity contribution in [3.8, 4) is 0 Å². The van der Waals surface area contributed by atoms with Gasteiger partial charge in [-0.1, -0.05) is 20.8 Å². The number of rotatable bonds is 5. The molecule has 0 aliphatic carbocycles. The van der Waals surface area contributed by atoms with Crippen molar-refractivity contribution in [3.63, 3.8) is 0 Å². The zero-order chi connectivity index (χ0) is 12.8. The molecule has 0 saturated heterocycles. The van der Waals surface area contributed by atoms with Gasteiger partial charge in [0.05, 0.1) is 7.11 Å². The summed E-state index contributed by atoms with van der Waals surface area (Å²) in [6.45, 7) is 6.40. The standard InChI is InChI=1S/C12H19N3O2/c1-5-9(8(2)3)14-10-6-7-13-11(15-10)12(16)17-4/h6-9H,5H2,1-4H3,(H,13,14,15). The van der Waals surface area contributed by atoms with E-state index < -0.39 is 5.97 Å². The summed E-state index contributed by atoms with van der Waals surface area (Å²) in [4.78, 5) is 19.3. The minimum absolute atomic E-state index is 0.0797. The van der Waals surface area contributed by atoms with E-state index in [-0.39, 0.29) is 5.82 Å². The van der Waals surface area contributed by atoms with Gasteiger partial charge in [0.25, 0.3) is 0 Å². The van der Waals surface area contributed by atoms with Crippen LogP contribution in [0.15, 0.2) is 12.3 Å². The maximum Gasteiger partial charge on any atom is 0.376 e. The first kappa shape index (κ1) is 13.4. The lowest BCUT2D eigenvalue weighted by molar-refractivity contribution is 0.0587. The highest BCUT2D eigenvalue weighted by Gasteiger charge is 2.13. The molecule has 5 heteroatoms. The first-order valence-electron chi connectivity index (χ1n) is 5.76. The number of carbonyl (C=O) groups excluding carboxylic acids is 1. The molecule has 1 aromatic rings. The largest absolute Gasteiger partial charge is 0.463 e. The molecule has 1 N–H and O–H groups in total. The van der Waals surface area contributed by atoms with Crippen LogP contribution in [0.2, 0.25) is 0 Å². The SMILES string of the molecule is CCC(Nc1ccnc(C(=O)OC)n1)C(C)C. The molecule has 0 spiro atoms. The second-order valence-electron chi connectivity index (χ2n) is 4.16. The molecule has 0 aromatic carbocycles. The Morgan fingerprint density at radius 3 is 2.76 bits per heavy atom. The van der Waals surface area contributed by atoms with E-state index in [1.165, 1.54) is 7.11 Å². The van der Waals surface area contributed by atoms with Gasteiger partial charge in [0.2, 0.25) is 5.82 Å². The quantitative estimate of drug-likeness (QED) is 0.794. The molecule has 0 amide bonds. The lowest BCUT2D eigenvalue weighted by Crippen LogP contribution is -2.25. The van der Waals surface area contributed by atoms with Gasteiger partial charge in [0.1, 0.15) is 5.82 Å². The van der Waals surface area contributed by atoms with Crippen molar-refractivity contribution >= 4 is 11.8 Å². The van der Waals surface area contributed by atoms with Crippen LogP contribution in [0.5, 0.6) is 0 Å². The van der Waals surface area contributed by atoms with Crippen LogP contribution in [-0.4, -0.2) is 29.1 Å². The fourth-order valence-corrected chi connectivity index (χ4v) is 1.56. The van der Waals surface area contributed by atoms with Gasteiger partial charge in [-0.15, -0.1) is 0 Å². The highest BCUT2D eigenvalue weighted by atomic mass is 16.5. The molecule has 0 aliphatic rings. The van der Waals surface area contributed by atoms with Crippen molar-refractivity contribution in [2.75, 3.05) is 12.4 Å². The number of anilines is 1. The van der Waals surface area contributed by atoms with Crippen LogP contribution in [0.25, 0.3) is 0 Å². The molecular weight excluding hydrogens is 218 g/mol. The molecule has 1 atom stereocenters. The van der Waals surface area contributed by atoms with Crippen molar-refractivity contribution in [2.45, 2.75) is 33.2 Å². The normalized spacial score (nSPS) is 12.3. The Bertz CT molecular complexity index is 380. The van der Waals surface area contributed by atoms with Gasteiger partial charge in [0, 0.05) is 12.2 Å². The Morgan fingerprint density at radius 1 is 1.53 bits per heavy atom. The maximum atomic E-state index is 11.3. The van der Waals surface area contributed by atoms with Crippen molar-refractivity contribution in [1.29, 1.82) is 0 Å². The third-order valence-corrected chi connectivity index (χ3v) is 2.60. The third kappa shape index (κ3) is 3.69. The highest BCUT2D eigenvalue weighted by Crippen LogP contribution is 2.12. The number of hydrogen-bond acceptors (Lipinski definition) is 5. The zero-order valence-electron chi connectivity index (χ0n) is 10.7. The smallest absolute Gasteiger partial charge is 0.376 e. The van der Waals surface area contributed by atoms with Gasteiger partial charge in [-0.3, -0.25) is 0 Å². The molecule has 1 aromatic heterocycles. The summed E-state index contributed by atoms with van der Waals surface area (Å²) in [5, 5.41) is 3.29. The number of hydrogen-bond donors (Lipinski definition) is 1. The van der Waals surface area contributed by atoms with E-state index in [1.54, 1.807) is 12.3 Å². The number of esters is 1. The van der Waals surface area contributed by atoms with Crippen molar-refractivity contribution in [1.82, 2.24) is 9.97 Å². The number of methoxy groups -OCH3 is 1. The lowest BCUT2D eigenvalue weighted by Gasteiger charge is -2.21. The topological polar surface area (TPSA) is 64.1 Å². The molecule has 1 heterocycles. The maximum absolute atomic E-state index is 11.3. The molecule has 0 fully saturated rings. The van der Waals surface area contributed by atoms with Crippen LogP contribution < -0.4 is 5.32 Å². The Hall–Kier alpha value is -1.65. The summed E-state index contributed by atoms with van der Waals surface area (Å²) >= 11 is 0. The van der Waals surface area contributed by atoms with E-state index in [4.69, 9.17) is 0 Å². The van der Waals surface area contributed by atoms with Crippen molar-refractivity contribution < 1.29 is 9.53 Å². The molecule has 1 unspecified atom stereocenters. The molecule has 0 bridgehead atoms. The molecule has 0 saturated carbocycles. The summed E-state index contributed by atoms with van der Waals surface area (Å²) in [6.07, 6.45) is 2.55. The molecule has 94 valence electrons. The summed E-state index contributed by atoms with van der Waals surface area (Å²) in [5.41, 5.74) is 0. The van der Waals surface area contributed by atoms with Crippen molar-refractivity contribution in [2.24, 2.45) is 5.92 Å². The molecule has 0 radical (unpaired) electrons. The minimum atomic E-state index is -0.522. The summed E-state index contributed by atoms with van der Waals surface area (Å²) in [5.74, 6) is 0.708. The van der Waals surface area contributed by atoms with E-state index in [1.807, 2.05) is 0 Å². The van der Waals surface area contributed by atoms with Crippen LogP contribution in [-0.2, 0) is 4.74 Å². The van der Waals surface area contributed by atoms with Crippen LogP contribution >= 0.6 is 0 Å². The van der Waals surface area contributed by atoms with Crippen LogP contribution in [0, 0.1) is 5.92 Å². The minimum Gasteiger partial charge on any atom is -0.463 e. The number of carbonyl (C=O) groups is 1. The summed E-state index contributed by atoms with van der Waals surface area (Å²) < 4.78 is 4.58. The fraction of sp³-hybridized carbons (Fsp3) is 0.583. The predicted molar refractivity (Wildman–Crippen MR) is 65.9 cm³/mol. The Labute approximate surface area is 102 Å².